The van der Waals surface area contributed by atoms with E-state index in [0.717, 1.165) is 25.1 Å². The zero-order valence-electron chi connectivity index (χ0n) is 9.33. The van der Waals surface area contributed by atoms with Crippen LogP contribution in [0.2, 0.25) is 0 Å². The number of hydrogen-bond acceptors (Lipinski definition) is 4. The number of rotatable bonds is 7. The summed E-state index contributed by atoms with van der Waals surface area (Å²) in [6, 6.07) is 0. The van der Waals surface area contributed by atoms with Gasteiger partial charge in [0.25, 0.3) is 0 Å². The fraction of sp³-hybridized carbons (Fsp3) is 0.700. The Labute approximate surface area is 100 Å². The minimum Gasteiger partial charge on any atom is -0.481 e. The van der Waals surface area contributed by atoms with Gasteiger partial charge in [0.15, 0.2) is 0 Å². The predicted molar refractivity (Wildman–Crippen MR) is 63.7 cm³/mol. The van der Waals surface area contributed by atoms with Crippen molar-refractivity contribution in [2.45, 2.75) is 44.4 Å². The average molecular weight is 243 g/mol. The first-order valence-electron chi connectivity index (χ1n) is 5.37. The van der Waals surface area contributed by atoms with Crippen LogP contribution in [0.3, 0.4) is 0 Å². The Bertz CT molecular complexity index is 339. The van der Waals surface area contributed by atoms with Gasteiger partial charge in [-0.15, -0.1) is 5.10 Å². The molecule has 1 heterocycles. The van der Waals surface area contributed by atoms with Crippen LogP contribution in [0.1, 0.15) is 31.9 Å². The first kappa shape index (κ1) is 13.0. The lowest BCUT2D eigenvalue weighted by Crippen LogP contribution is -2.01. The number of aliphatic carboxylic acids is 1. The van der Waals surface area contributed by atoms with Gasteiger partial charge in [-0.2, -0.15) is 12.6 Å². The van der Waals surface area contributed by atoms with Crippen LogP contribution in [0.5, 0.6) is 0 Å². The second kappa shape index (κ2) is 6.52. The SMILES string of the molecule is CC(S)CCCn1cc(CCC(=O)O)nn1. The van der Waals surface area contributed by atoms with Crippen LogP contribution < -0.4 is 0 Å². The summed E-state index contributed by atoms with van der Waals surface area (Å²) in [6.07, 6.45) is 4.40. The number of thiol groups is 1. The van der Waals surface area contributed by atoms with Gasteiger partial charge in [-0.1, -0.05) is 12.1 Å². The van der Waals surface area contributed by atoms with Crippen molar-refractivity contribution in [3.05, 3.63) is 11.9 Å². The minimum absolute atomic E-state index is 0.104. The Morgan fingerprint density at radius 1 is 1.69 bits per heavy atom. The van der Waals surface area contributed by atoms with Crippen LogP contribution >= 0.6 is 12.6 Å². The van der Waals surface area contributed by atoms with E-state index in [2.05, 4.69) is 29.9 Å². The molecule has 6 heteroatoms. The highest BCUT2D eigenvalue weighted by atomic mass is 32.1. The summed E-state index contributed by atoms with van der Waals surface area (Å²) in [6.45, 7) is 2.87. The topological polar surface area (TPSA) is 68.0 Å². The molecule has 1 unspecified atom stereocenters. The summed E-state index contributed by atoms with van der Waals surface area (Å²) in [5.74, 6) is -0.807. The van der Waals surface area contributed by atoms with Crippen molar-refractivity contribution >= 4 is 18.6 Å². The molecule has 1 aromatic heterocycles. The Hall–Kier alpha value is -1.04. The molecule has 0 spiro atoms. The third-order valence-corrected chi connectivity index (χ3v) is 2.45. The van der Waals surface area contributed by atoms with Gasteiger partial charge in [0, 0.05) is 19.2 Å². The Kier molecular flexibility index (Phi) is 5.31. The van der Waals surface area contributed by atoms with E-state index in [1.165, 1.54) is 0 Å². The molecule has 1 N–H and O–H groups in total. The van der Waals surface area contributed by atoms with Gasteiger partial charge < -0.3 is 5.11 Å². The predicted octanol–water partition coefficient (Wildman–Crippen LogP) is 1.39. The highest BCUT2D eigenvalue weighted by Crippen LogP contribution is 2.05. The molecule has 5 nitrogen and oxygen atoms in total. The normalized spacial score (nSPS) is 12.6. The molecule has 1 atom stereocenters. The van der Waals surface area contributed by atoms with Gasteiger partial charge >= 0.3 is 5.97 Å². The van der Waals surface area contributed by atoms with Gasteiger partial charge in [-0.3, -0.25) is 9.48 Å². The van der Waals surface area contributed by atoms with Crippen LogP contribution in [0.25, 0.3) is 0 Å². The largest absolute Gasteiger partial charge is 0.481 e. The lowest BCUT2D eigenvalue weighted by atomic mass is 10.2. The third-order valence-electron chi connectivity index (χ3n) is 2.19. The van der Waals surface area contributed by atoms with E-state index < -0.39 is 5.97 Å². The number of aromatic nitrogens is 3. The molecule has 0 aromatic carbocycles. The molecule has 1 aromatic rings. The molecule has 0 bridgehead atoms. The minimum atomic E-state index is -0.807. The van der Waals surface area contributed by atoms with Crippen LogP contribution in [0, 0.1) is 0 Å². The number of aryl methyl sites for hydroxylation is 2. The van der Waals surface area contributed by atoms with Gasteiger partial charge in [-0.05, 0) is 18.1 Å². The maximum absolute atomic E-state index is 10.4. The number of hydrogen-bond donors (Lipinski definition) is 2. The van der Waals surface area contributed by atoms with Gasteiger partial charge in [0.1, 0.15) is 0 Å². The van der Waals surface area contributed by atoms with E-state index in [-0.39, 0.29) is 6.42 Å². The quantitative estimate of drug-likeness (QED) is 0.710. The van der Waals surface area contributed by atoms with Crippen molar-refractivity contribution in [2.24, 2.45) is 0 Å². The molecule has 0 aliphatic carbocycles. The second-order valence-corrected chi connectivity index (χ2v) is 4.74. The van der Waals surface area contributed by atoms with Crippen molar-refractivity contribution in [1.29, 1.82) is 0 Å². The molecule has 0 aliphatic rings. The van der Waals surface area contributed by atoms with E-state index in [0.29, 0.717) is 11.7 Å². The number of carbonyl (C=O) groups is 1. The molecule has 0 radical (unpaired) electrons. The lowest BCUT2D eigenvalue weighted by molar-refractivity contribution is -0.136. The fourth-order valence-electron chi connectivity index (χ4n) is 1.35. The number of nitrogens with zero attached hydrogens (tertiary/aromatic N) is 3. The smallest absolute Gasteiger partial charge is 0.303 e. The van der Waals surface area contributed by atoms with Crippen LogP contribution in [-0.4, -0.2) is 31.3 Å². The van der Waals surface area contributed by atoms with Gasteiger partial charge in [0.05, 0.1) is 12.1 Å². The maximum atomic E-state index is 10.4. The molecule has 0 aliphatic heterocycles. The molecule has 0 fully saturated rings. The molecule has 90 valence electrons. The first-order valence-corrected chi connectivity index (χ1v) is 5.88. The summed E-state index contributed by atoms with van der Waals surface area (Å²) in [5, 5.41) is 16.8. The monoisotopic (exact) mass is 243 g/mol. The Balaban J connectivity index is 2.30. The first-order chi connectivity index (χ1) is 7.58. The fourth-order valence-corrected chi connectivity index (χ4v) is 1.53. The van der Waals surface area contributed by atoms with Crippen molar-refractivity contribution < 1.29 is 9.90 Å². The second-order valence-electron chi connectivity index (χ2n) is 3.86. The van der Waals surface area contributed by atoms with E-state index in [9.17, 15) is 4.79 Å². The molecule has 1 rings (SSSR count). The Morgan fingerprint density at radius 3 is 3.06 bits per heavy atom. The van der Waals surface area contributed by atoms with Crippen LogP contribution in [-0.2, 0) is 17.8 Å². The third kappa shape index (κ3) is 5.16. The van der Waals surface area contributed by atoms with Crippen molar-refractivity contribution in [3.63, 3.8) is 0 Å². The highest BCUT2D eigenvalue weighted by Gasteiger charge is 2.04. The Morgan fingerprint density at radius 2 is 2.44 bits per heavy atom. The molecule has 0 amide bonds. The molecule has 16 heavy (non-hydrogen) atoms. The van der Waals surface area contributed by atoms with E-state index in [1.807, 2.05) is 6.20 Å². The number of carboxylic acids is 1. The molecule has 0 saturated carbocycles. The highest BCUT2D eigenvalue weighted by molar-refractivity contribution is 7.80. The zero-order valence-corrected chi connectivity index (χ0v) is 10.2. The van der Waals surface area contributed by atoms with Crippen molar-refractivity contribution in [3.8, 4) is 0 Å². The maximum Gasteiger partial charge on any atom is 0.303 e. The molecular weight excluding hydrogens is 226 g/mol. The van der Waals surface area contributed by atoms with E-state index in [4.69, 9.17) is 5.11 Å². The summed E-state index contributed by atoms with van der Waals surface area (Å²) in [5.41, 5.74) is 0.737. The summed E-state index contributed by atoms with van der Waals surface area (Å²) in [4.78, 5) is 10.4. The molecular formula is C10H17N3O2S. The van der Waals surface area contributed by atoms with Crippen LogP contribution in [0.4, 0.5) is 0 Å². The van der Waals surface area contributed by atoms with E-state index >= 15 is 0 Å². The van der Waals surface area contributed by atoms with Crippen molar-refractivity contribution in [2.75, 3.05) is 0 Å². The summed E-state index contributed by atoms with van der Waals surface area (Å²) < 4.78 is 1.76. The lowest BCUT2D eigenvalue weighted by Gasteiger charge is -2.02. The van der Waals surface area contributed by atoms with Crippen LogP contribution in [0.15, 0.2) is 6.20 Å². The number of carboxylic acid groups (broad SMARTS) is 1. The summed E-state index contributed by atoms with van der Waals surface area (Å²) >= 11 is 4.30. The zero-order chi connectivity index (χ0) is 12.0. The standard InChI is InChI=1S/C10H17N3O2S/c1-8(16)3-2-6-13-7-9(11-12-13)4-5-10(14)15/h7-8,16H,2-6H2,1H3,(H,14,15). The summed E-state index contributed by atoms with van der Waals surface area (Å²) in [7, 11) is 0. The molecule has 0 saturated heterocycles. The van der Waals surface area contributed by atoms with Gasteiger partial charge in [-0.25, -0.2) is 0 Å². The average Bonchev–Trinajstić information content (AvgIpc) is 2.62. The van der Waals surface area contributed by atoms with Crippen molar-refractivity contribution in [1.82, 2.24) is 15.0 Å². The van der Waals surface area contributed by atoms with E-state index in [1.54, 1.807) is 4.68 Å². The van der Waals surface area contributed by atoms with Gasteiger partial charge in [0.2, 0.25) is 0 Å².